The SMILES string of the molecule is CCCCCCC(=CC(=O)OCCCCCCBr)CCCCCC. The number of alkyl halides is 1. The van der Waals surface area contributed by atoms with Crippen LogP contribution in [0.2, 0.25) is 0 Å². The van der Waals surface area contributed by atoms with E-state index in [0.29, 0.717) is 6.61 Å². The molecule has 0 aliphatic carbocycles. The average molecular weight is 403 g/mol. The number of hydrogen-bond acceptors (Lipinski definition) is 2. The molecule has 142 valence electrons. The van der Waals surface area contributed by atoms with E-state index >= 15 is 0 Å². The van der Waals surface area contributed by atoms with Gasteiger partial charge in [0.05, 0.1) is 6.61 Å². The van der Waals surface area contributed by atoms with Gasteiger partial charge in [-0.15, -0.1) is 0 Å². The van der Waals surface area contributed by atoms with E-state index in [1.807, 2.05) is 0 Å². The summed E-state index contributed by atoms with van der Waals surface area (Å²) < 4.78 is 5.38. The van der Waals surface area contributed by atoms with Crippen molar-refractivity contribution in [3.05, 3.63) is 11.6 Å². The van der Waals surface area contributed by atoms with Crippen LogP contribution in [0.4, 0.5) is 0 Å². The van der Waals surface area contributed by atoms with Crippen molar-refractivity contribution in [1.29, 1.82) is 0 Å². The van der Waals surface area contributed by atoms with Gasteiger partial charge in [0.2, 0.25) is 0 Å². The topological polar surface area (TPSA) is 26.3 Å². The Morgan fingerprint density at radius 2 is 1.33 bits per heavy atom. The molecule has 0 aromatic carbocycles. The Morgan fingerprint density at radius 1 is 0.792 bits per heavy atom. The third-order valence-corrected chi connectivity index (χ3v) is 4.86. The van der Waals surface area contributed by atoms with Gasteiger partial charge in [-0.3, -0.25) is 0 Å². The highest BCUT2D eigenvalue weighted by atomic mass is 79.9. The summed E-state index contributed by atoms with van der Waals surface area (Å²) in [6.45, 7) is 5.03. The van der Waals surface area contributed by atoms with E-state index in [-0.39, 0.29) is 5.97 Å². The van der Waals surface area contributed by atoms with Crippen LogP contribution in [-0.2, 0) is 9.53 Å². The molecule has 0 aromatic heterocycles. The minimum atomic E-state index is -0.128. The fraction of sp³-hybridized carbons (Fsp3) is 0.857. The quantitative estimate of drug-likeness (QED) is 0.110. The van der Waals surface area contributed by atoms with Crippen LogP contribution in [0.15, 0.2) is 11.6 Å². The third kappa shape index (κ3) is 16.5. The van der Waals surface area contributed by atoms with Crippen LogP contribution < -0.4 is 0 Å². The molecule has 0 saturated carbocycles. The highest BCUT2D eigenvalue weighted by Crippen LogP contribution is 2.18. The molecular weight excluding hydrogens is 364 g/mol. The lowest BCUT2D eigenvalue weighted by atomic mass is 10.00. The molecule has 0 bridgehead atoms. The summed E-state index contributed by atoms with van der Waals surface area (Å²) >= 11 is 3.44. The Hall–Kier alpha value is -0.310. The maximum absolute atomic E-state index is 12.0. The van der Waals surface area contributed by atoms with Gasteiger partial charge in [-0.05, 0) is 38.5 Å². The molecule has 0 N–H and O–H groups in total. The van der Waals surface area contributed by atoms with E-state index < -0.39 is 0 Å². The van der Waals surface area contributed by atoms with Crippen LogP contribution in [0.3, 0.4) is 0 Å². The Labute approximate surface area is 158 Å². The largest absolute Gasteiger partial charge is 0.463 e. The molecule has 0 aromatic rings. The van der Waals surface area contributed by atoms with Crippen molar-refractivity contribution >= 4 is 21.9 Å². The van der Waals surface area contributed by atoms with Crippen molar-refractivity contribution in [2.24, 2.45) is 0 Å². The molecule has 0 unspecified atom stereocenters. The summed E-state index contributed by atoms with van der Waals surface area (Å²) in [7, 11) is 0. The molecule has 0 fully saturated rings. The second-order valence-electron chi connectivity index (χ2n) is 6.69. The second kappa shape index (κ2) is 19.0. The first-order valence-electron chi connectivity index (χ1n) is 10.2. The van der Waals surface area contributed by atoms with Crippen molar-refractivity contribution < 1.29 is 9.53 Å². The summed E-state index contributed by atoms with van der Waals surface area (Å²) in [4.78, 5) is 12.0. The van der Waals surface area contributed by atoms with Crippen LogP contribution in [0.1, 0.15) is 104 Å². The zero-order valence-electron chi connectivity index (χ0n) is 16.1. The van der Waals surface area contributed by atoms with E-state index in [4.69, 9.17) is 4.74 Å². The molecule has 24 heavy (non-hydrogen) atoms. The number of allylic oxidation sites excluding steroid dienone is 1. The first kappa shape index (κ1) is 23.7. The smallest absolute Gasteiger partial charge is 0.330 e. The first-order valence-corrected chi connectivity index (χ1v) is 11.3. The molecule has 0 saturated heterocycles. The summed E-state index contributed by atoms with van der Waals surface area (Å²) in [5.74, 6) is -0.128. The van der Waals surface area contributed by atoms with Gasteiger partial charge in [0.15, 0.2) is 0 Å². The standard InChI is InChI=1S/C21H39BrO2/c1-3-5-7-11-15-20(16-12-8-6-4-2)19-21(23)24-18-14-10-9-13-17-22/h19H,3-18H2,1-2H3. The average Bonchev–Trinajstić information content (AvgIpc) is 2.58. The minimum Gasteiger partial charge on any atom is -0.463 e. The number of ether oxygens (including phenoxy) is 1. The fourth-order valence-corrected chi connectivity index (χ4v) is 3.15. The maximum atomic E-state index is 12.0. The molecule has 3 heteroatoms. The number of rotatable bonds is 17. The number of halogens is 1. The lowest BCUT2D eigenvalue weighted by molar-refractivity contribution is -0.137. The first-order chi connectivity index (χ1) is 11.7. The Bertz CT molecular complexity index is 299. The summed E-state index contributed by atoms with van der Waals surface area (Å²) in [5.41, 5.74) is 1.30. The van der Waals surface area contributed by atoms with Crippen molar-refractivity contribution in [2.75, 3.05) is 11.9 Å². The number of hydrogen-bond donors (Lipinski definition) is 0. The molecular formula is C21H39BrO2. The normalized spacial score (nSPS) is 10.6. The lowest BCUT2D eigenvalue weighted by Gasteiger charge is -2.08. The zero-order valence-corrected chi connectivity index (χ0v) is 17.7. The summed E-state index contributed by atoms with van der Waals surface area (Å²) in [6.07, 6.45) is 18.5. The third-order valence-electron chi connectivity index (χ3n) is 4.30. The van der Waals surface area contributed by atoms with Gasteiger partial charge in [0.25, 0.3) is 0 Å². The summed E-state index contributed by atoms with van der Waals surface area (Å²) in [6, 6.07) is 0. The predicted molar refractivity (Wildman–Crippen MR) is 109 cm³/mol. The number of carbonyl (C=O) groups is 1. The van der Waals surface area contributed by atoms with Crippen molar-refractivity contribution in [1.82, 2.24) is 0 Å². The molecule has 2 nitrogen and oxygen atoms in total. The van der Waals surface area contributed by atoms with Crippen LogP contribution in [0, 0.1) is 0 Å². The summed E-state index contributed by atoms with van der Waals surface area (Å²) in [5, 5.41) is 1.06. The highest BCUT2D eigenvalue weighted by Gasteiger charge is 2.04. The van der Waals surface area contributed by atoms with Gasteiger partial charge in [-0.25, -0.2) is 4.79 Å². The molecule has 0 atom stereocenters. The molecule has 0 amide bonds. The zero-order chi connectivity index (χ0) is 17.9. The van der Waals surface area contributed by atoms with Gasteiger partial charge in [0.1, 0.15) is 0 Å². The monoisotopic (exact) mass is 402 g/mol. The predicted octanol–water partition coefficient (Wildman–Crippen LogP) is 7.35. The van der Waals surface area contributed by atoms with E-state index in [1.165, 1.54) is 69.8 Å². The van der Waals surface area contributed by atoms with Crippen LogP contribution in [-0.4, -0.2) is 17.9 Å². The second-order valence-corrected chi connectivity index (χ2v) is 7.49. The van der Waals surface area contributed by atoms with Gasteiger partial charge < -0.3 is 4.74 Å². The fourth-order valence-electron chi connectivity index (χ4n) is 2.76. The maximum Gasteiger partial charge on any atom is 0.330 e. The van der Waals surface area contributed by atoms with E-state index in [0.717, 1.165) is 31.0 Å². The Balaban J connectivity index is 4.09. The van der Waals surface area contributed by atoms with Gasteiger partial charge in [-0.1, -0.05) is 86.7 Å². The minimum absolute atomic E-state index is 0.128. The van der Waals surface area contributed by atoms with Gasteiger partial charge >= 0.3 is 5.97 Å². The molecule has 0 rings (SSSR count). The van der Waals surface area contributed by atoms with Gasteiger partial charge in [-0.2, -0.15) is 0 Å². The Morgan fingerprint density at radius 3 is 1.88 bits per heavy atom. The molecule has 0 radical (unpaired) electrons. The van der Waals surface area contributed by atoms with E-state index in [1.54, 1.807) is 6.08 Å². The number of carbonyl (C=O) groups excluding carboxylic acids is 1. The highest BCUT2D eigenvalue weighted by molar-refractivity contribution is 9.09. The molecule has 0 aliphatic heterocycles. The van der Waals surface area contributed by atoms with Crippen LogP contribution in [0.5, 0.6) is 0 Å². The number of esters is 1. The molecule has 0 spiro atoms. The molecule has 0 heterocycles. The van der Waals surface area contributed by atoms with Crippen molar-refractivity contribution in [3.63, 3.8) is 0 Å². The lowest BCUT2D eigenvalue weighted by Crippen LogP contribution is -2.04. The van der Waals surface area contributed by atoms with Crippen molar-refractivity contribution in [2.45, 2.75) is 104 Å². The Kier molecular flexibility index (Phi) is 18.8. The van der Waals surface area contributed by atoms with Crippen molar-refractivity contribution in [3.8, 4) is 0 Å². The molecule has 0 aliphatic rings. The van der Waals surface area contributed by atoms with Gasteiger partial charge in [0, 0.05) is 11.4 Å². The van der Waals surface area contributed by atoms with E-state index in [2.05, 4.69) is 29.8 Å². The van der Waals surface area contributed by atoms with E-state index in [9.17, 15) is 4.79 Å². The van der Waals surface area contributed by atoms with Crippen LogP contribution in [0.25, 0.3) is 0 Å². The number of unbranched alkanes of at least 4 members (excludes halogenated alkanes) is 9. The van der Waals surface area contributed by atoms with Crippen LogP contribution >= 0.6 is 15.9 Å².